The summed E-state index contributed by atoms with van der Waals surface area (Å²) in [4.78, 5) is 37.9. The number of benzene rings is 1. The van der Waals surface area contributed by atoms with Crippen LogP contribution in [0.3, 0.4) is 0 Å². The van der Waals surface area contributed by atoms with Crippen molar-refractivity contribution >= 4 is 23.4 Å². The highest BCUT2D eigenvalue weighted by Crippen LogP contribution is 2.30. The fourth-order valence-corrected chi connectivity index (χ4v) is 4.53. The van der Waals surface area contributed by atoms with E-state index in [1.807, 2.05) is 25.2 Å². The molecule has 0 spiro atoms. The van der Waals surface area contributed by atoms with E-state index in [-0.39, 0.29) is 24.1 Å². The maximum absolute atomic E-state index is 12.8. The monoisotopic (exact) mass is 370 g/mol. The maximum atomic E-state index is 12.8. The van der Waals surface area contributed by atoms with Crippen molar-refractivity contribution in [1.29, 1.82) is 0 Å². The van der Waals surface area contributed by atoms with E-state index in [9.17, 15) is 14.4 Å². The number of carbonyl (C=O) groups is 3. The van der Waals surface area contributed by atoms with Gasteiger partial charge in [-0.05, 0) is 50.1 Å². The Balaban J connectivity index is 1.49. The molecule has 27 heavy (non-hydrogen) atoms. The zero-order chi connectivity index (χ0) is 19.0. The number of fused-ring (bicyclic) bond motifs is 1. The van der Waals surface area contributed by atoms with E-state index >= 15 is 0 Å². The molecule has 0 radical (unpaired) electrons. The topological polar surface area (TPSA) is 90.5 Å². The van der Waals surface area contributed by atoms with Crippen molar-refractivity contribution in [2.24, 2.45) is 0 Å². The lowest BCUT2D eigenvalue weighted by Crippen LogP contribution is -2.52. The summed E-state index contributed by atoms with van der Waals surface area (Å²) in [5.74, 6) is -0.764. The quantitative estimate of drug-likeness (QED) is 0.697. The largest absolute Gasteiger partial charge is 0.381 e. The van der Waals surface area contributed by atoms with Crippen LogP contribution in [-0.2, 0) is 16.1 Å². The summed E-state index contributed by atoms with van der Waals surface area (Å²) in [6, 6.07) is 6.10. The summed E-state index contributed by atoms with van der Waals surface area (Å²) >= 11 is 0. The second-order valence-electron chi connectivity index (χ2n) is 7.70. The second-order valence-corrected chi connectivity index (χ2v) is 7.70. The van der Waals surface area contributed by atoms with Gasteiger partial charge in [0.15, 0.2) is 0 Å². The van der Waals surface area contributed by atoms with Crippen molar-refractivity contribution in [3.05, 3.63) is 29.3 Å². The fraction of sp³-hybridized carbons (Fsp3) is 0.550. The molecule has 0 bridgehead atoms. The first-order chi connectivity index (χ1) is 13.1. The highest BCUT2D eigenvalue weighted by molar-refractivity contribution is 6.05. The Morgan fingerprint density at radius 2 is 1.85 bits per heavy atom. The van der Waals surface area contributed by atoms with E-state index in [0.29, 0.717) is 30.6 Å². The van der Waals surface area contributed by atoms with Crippen molar-refractivity contribution in [2.45, 2.75) is 63.2 Å². The molecule has 1 saturated carbocycles. The zero-order valence-electron chi connectivity index (χ0n) is 15.6. The van der Waals surface area contributed by atoms with E-state index in [4.69, 9.17) is 0 Å². The van der Waals surface area contributed by atoms with Gasteiger partial charge in [-0.3, -0.25) is 19.7 Å². The molecular formula is C20H26N4O3. The van der Waals surface area contributed by atoms with Gasteiger partial charge in [0.25, 0.3) is 5.91 Å². The number of hydrogen-bond donors (Lipinski definition) is 3. The summed E-state index contributed by atoms with van der Waals surface area (Å²) in [5, 5.41) is 9.35. The molecule has 4 rings (SSSR count). The van der Waals surface area contributed by atoms with Gasteiger partial charge >= 0.3 is 0 Å². The number of nitrogens with one attached hydrogen (secondary N) is 3. The lowest BCUT2D eigenvalue weighted by molar-refractivity contribution is -0.136. The summed E-state index contributed by atoms with van der Waals surface area (Å²) < 4.78 is 0. The molecule has 7 nitrogen and oxygen atoms in total. The number of anilines is 1. The van der Waals surface area contributed by atoms with Crippen LogP contribution in [0.1, 0.15) is 54.4 Å². The summed E-state index contributed by atoms with van der Waals surface area (Å²) in [5.41, 5.74) is 2.60. The number of carbonyl (C=O) groups excluding carboxylic acids is 3. The van der Waals surface area contributed by atoms with Gasteiger partial charge in [0.1, 0.15) is 6.04 Å². The first-order valence-corrected chi connectivity index (χ1v) is 9.78. The average molecular weight is 370 g/mol. The SMILES string of the molecule is CN[C@@H]1CCCC[C@@H]1Nc1ccc2c(c1)CN(C1CCC(=O)NC1=O)C2=O. The number of amides is 3. The predicted octanol–water partition coefficient (Wildman–Crippen LogP) is 1.39. The molecule has 1 aliphatic carbocycles. The third-order valence-corrected chi connectivity index (χ3v) is 6.01. The Hall–Kier alpha value is -2.41. The van der Waals surface area contributed by atoms with Gasteiger partial charge in [-0.25, -0.2) is 0 Å². The molecule has 0 aromatic heterocycles. The third kappa shape index (κ3) is 3.43. The van der Waals surface area contributed by atoms with Crippen molar-refractivity contribution in [3.63, 3.8) is 0 Å². The highest BCUT2D eigenvalue weighted by atomic mass is 16.2. The van der Waals surface area contributed by atoms with E-state index in [1.165, 1.54) is 19.3 Å². The number of imide groups is 1. The van der Waals surface area contributed by atoms with Crippen molar-refractivity contribution in [3.8, 4) is 0 Å². The van der Waals surface area contributed by atoms with Gasteiger partial charge in [0.2, 0.25) is 11.8 Å². The number of nitrogens with zero attached hydrogens (tertiary/aromatic N) is 1. The van der Waals surface area contributed by atoms with Gasteiger partial charge in [-0.15, -0.1) is 0 Å². The van der Waals surface area contributed by atoms with Gasteiger partial charge in [-0.2, -0.15) is 0 Å². The third-order valence-electron chi connectivity index (χ3n) is 6.01. The minimum Gasteiger partial charge on any atom is -0.381 e. The van der Waals surface area contributed by atoms with E-state index < -0.39 is 6.04 Å². The van der Waals surface area contributed by atoms with Crippen LogP contribution in [0, 0.1) is 0 Å². The molecule has 1 unspecified atom stereocenters. The first kappa shape index (κ1) is 18.0. The summed E-state index contributed by atoms with van der Waals surface area (Å²) in [7, 11) is 2.00. The van der Waals surface area contributed by atoms with Crippen LogP contribution >= 0.6 is 0 Å². The molecule has 2 aliphatic heterocycles. The van der Waals surface area contributed by atoms with Crippen molar-refractivity contribution < 1.29 is 14.4 Å². The number of rotatable bonds is 4. The number of hydrogen-bond acceptors (Lipinski definition) is 5. The first-order valence-electron chi connectivity index (χ1n) is 9.78. The molecule has 7 heteroatoms. The minimum absolute atomic E-state index is 0.128. The highest BCUT2D eigenvalue weighted by Gasteiger charge is 2.39. The van der Waals surface area contributed by atoms with Crippen LogP contribution < -0.4 is 16.0 Å². The van der Waals surface area contributed by atoms with Gasteiger partial charge in [0.05, 0.1) is 0 Å². The molecule has 1 saturated heterocycles. The van der Waals surface area contributed by atoms with E-state index in [0.717, 1.165) is 17.7 Å². The fourth-order valence-electron chi connectivity index (χ4n) is 4.53. The molecular weight excluding hydrogens is 344 g/mol. The summed E-state index contributed by atoms with van der Waals surface area (Å²) in [6.45, 7) is 0.413. The zero-order valence-corrected chi connectivity index (χ0v) is 15.6. The molecule has 1 aromatic carbocycles. The van der Waals surface area contributed by atoms with Crippen LogP contribution in [-0.4, -0.2) is 47.8 Å². The van der Waals surface area contributed by atoms with Crippen LogP contribution in [0.2, 0.25) is 0 Å². The summed E-state index contributed by atoms with van der Waals surface area (Å²) in [6.07, 6.45) is 5.44. The van der Waals surface area contributed by atoms with E-state index in [2.05, 4.69) is 16.0 Å². The van der Waals surface area contributed by atoms with E-state index in [1.54, 1.807) is 4.90 Å². The Morgan fingerprint density at radius 3 is 2.59 bits per heavy atom. The Bertz CT molecular complexity index is 778. The van der Waals surface area contributed by atoms with Crippen molar-refractivity contribution in [1.82, 2.24) is 15.5 Å². The molecule has 2 heterocycles. The lowest BCUT2D eigenvalue weighted by atomic mass is 9.90. The lowest BCUT2D eigenvalue weighted by Gasteiger charge is -2.32. The van der Waals surface area contributed by atoms with Crippen LogP contribution in [0.15, 0.2) is 18.2 Å². The Labute approximate surface area is 158 Å². The molecule has 1 aromatic rings. The normalized spacial score (nSPS) is 28.1. The predicted molar refractivity (Wildman–Crippen MR) is 101 cm³/mol. The number of piperidine rings is 1. The molecule has 3 N–H and O–H groups in total. The van der Waals surface area contributed by atoms with Crippen LogP contribution in [0.25, 0.3) is 0 Å². The van der Waals surface area contributed by atoms with Crippen LogP contribution in [0.4, 0.5) is 5.69 Å². The number of likely N-dealkylation sites (N-methyl/N-ethyl adjacent to an activating group) is 1. The van der Waals surface area contributed by atoms with Crippen molar-refractivity contribution in [2.75, 3.05) is 12.4 Å². The molecule has 3 aliphatic rings. The average Bonchev–Trinajstić information content (AvgIpc) is 2.98. The minimum atomic E-state index is -0.564. The standard InChI is InChI=1S/C20H26N4O3/c1-21-15-4-2-3-5-16(15)22-13-6-7-14-12(10-13)11-24(20(14)27)17-8-9-18(25)23-19(17)26/h6-7,10,15-17,21-22H,2-5,8-9,11H2,1H3,(H,23,25,26)/t15-,16+,17?/m1/s1. The molecule has 3 amide bonds. The Morgan fingerprint density at radius 1 is 1.07 bits per heavy atom. The smallest absolute Gasteiger partial charge is 0.255 e. The molecule has 2 fully saturated rings. The van der Waals surface area contributed by atoms with Crippen LogP contribution in [0.5, 0.6) is 0 Å². The van der Waals surface area contributed by atoms with Gasteiger partial charge in [-0.1, -0.05) is 12.8 Å². The van der Waals surface area contributed by atoms with Gasteiger partial charge < -0.3 is 15.5 Å². The molecule has 144 valence electrons. The van der Waals surface area contributed by atoms with Gasteiger partial charge in [0, 0.05) is 36.3 Å². The maximum Gasteiger partial charge on any atom is 0.255 e. The Kier molecular flexibility index (Phi) is 4.86. The second kappa shape index (κ2) is 7.31. The molecule has 3 atom stereocenters.